The van der Waals surface area contributed by atoms with Crippen molar-refractivity contribution in [2.24, 2.45) is 11.1 Å². The summed E-state index contributed by atoms with van der Waals surface area (Å²) in [7, 11) is 1.64. The van der Waals surface area contributed by atoms with Gasteiger partial charge in [-0.2, -0.15) is 0 Å². The van der Waals surface area contributed by atoms with E-state index in [1.165, 1.54) is 0 Å². The summed E-state index contributed by atoms with van der Waals surface area (Å²) in [5.41, 5.74) is 5.16. The summed E-state index contributed by atoms with van der Waals surface area (Å²) in [5.74, 6) is 0.0275. The van der Waals surface area contributed by atoms with Crippen LogP contribution in [-0.4, -0.2) is 55.3 Å². The lowest BCUT2D eigenvalue weighted by Crippen LogP contribution is -2.55. The molecule has 5 nitrogen and oxygen atoms in total. The second-order valence-corrected chi connectivity index (χ2v) is 5.75. The normalized spacial score (nSPS) is 19.4. The van der Waals surface area contributed by atoms with Gasteiger partial charge in [0.1, 0.15) is 5.41 Å². The lowest BCUT2D eigenvalue weighted by Gasteiger charge is -2.41. The zero-order chi connectivity index (χ0) is 15.2. The number of carbonyl (C=O) groups excluding carboxylic acids is 1. The van der Waals surface area contributed by atoms with Gasteiger partial charge in [0, 0.05) is 32.9 Å². The highest BCUT2D eigenvalue weighted by Crippen LogP contribution is 2.34. The van der Waals surface area contributed by atoms with E-state index in [0.29, 0.717) is 39.2 Å². The number of nitrogens with two attached hydrogens (primary N) is 1. The second-order valence-electron chi connectivity index (χ2n) is 5.31. The van der Waals surface area contributed by atoms with Crippen molar-refractivity contribution in [2.75, 3.05) is 33.5 Å². The van der Waals surface area contributed by atoms with Crippen molar-refractivity contribution >= 4 is 23.1 Å². The van der Waals surface area contributed by atoms with Gasteiger partial charge in [0.25, 0.3) is 0 Å². The number of rotatable bonds is 7. The Labute approximate surface area is 126 Å². The van der Waals surface area contributed by atoms with Gasteiger partial charge in [0.15, 0.2) is 0 Å². The third-order valence-corrected chi connectivity index (χ3v) is 4.54. The fourth-order valence-corrected chi connectivity index (χ4v) is 2.78. The van der Waals surface area contributed by atoms with Crippen molar-refractivity contribution in [1.29, 1.82) is 0 Å². The lowest BCUT2D eigenvalue weighted by atomic mass is 9.78. The van der Waals surface area contributed by atoms with Gasteiger partial charge in [-0.15, -0.1) is 0 Å². The van der Waals surface area contributed by atoms with E-state index in [2.05, 4.69) is 6.92 Å². The van der Waals surface area contributed by atoms with Crippen LogP contribution in [0, 0.1) is 5.41 Å². The van der Waals surface area contributed by atoms with Gasteiger partial charge in [-0.25, -0.2) is 0 Å². The maximum atomic E-state index is 13.0. The predicted octanol–water partition coefficient (Wildman–Crippen LogP) is 1.34. The minimum atomic E-state index is -0.745. The van der Waals surface area contributed by atoms with E-state index in [0.717, 1.165) is 6.42 Å². The molecule has 6 heteroatoms. The van der Waals surface area contributed by atoms with Gasteiger partial charge in [0.05, 0.1) is 11.6 Å². The molecule has 2 N–H and O–H groups in total. The fraction of sp³-hybridized carbons (Fsp3) is 0.857. The van der Waals surface area contributed by atoms with Crippen LogP contribution in [0.3, 0.4) is 0 Å². The van der Waals surface area contributed by atoms with Crippen LogP contribution in [-0.2, 0) is 14.3 Å². The van der Waals surface area contributed by atoms with E-state index in [1.54, 1.807) is 7.11 Å². The second kappa shape index (κ2) is 7.90. The number of methoxy groups -OCH3 is 1. The van der Waals surface area contributed by atoms with Crippen molar-refractivity contribution < 1.29 is 14.3 Å². The summed E-state index contributed by atoms with van der Waals surface area (Å²) in [5, 5.41) is 0. The molecule has 0 radical (unpaired) electrons. The van der Waals surface area contributed by atoms with Gasteiger partial charge in [0.2, 0.25) is 5.91 Å². The molecule has 0 bridgehead atoms. The molecule has 1 aliphatic rings. The zero-order valence-corrected chi connectivity index (χ0v) is 13.5. The molecule has 1 heterocycles. The molecule has 1 fully saturated rings. The average molecular weight is 302 g/mol. The fourth-order valence-electron chi connectivity index (χ4n) is 2.49. The minimum absolute atomic E-state index is 0.0275. The highest BCUT2D eigenvalue weighted by atomic mass is 32.1. The number of hydrogen-bond acceptors (Lipinski definition) is 4. The molecule has 1 unspecified atom stereocenters. The third-order valence-electron chi connectivity index (χ3n) is 4.15. The molecule has 1 saturated heterocycles. The number of hydrogen-bond donors (Lipinski definition) is 1. The number of ether oxygens (including phenoxy) is 2. The number of thiocarbonyl (C=S) groups is 1. The summed E-state index contributed by atoms with van der Waals surface area (Å²) >= 11 is 5.20. The molecule has 20 heavy (non-hydrogen) atoms. The Hall–Kier alpha value is -0.720. The Morgan fingerprint density at radius 2 is 2.10 bits per heavy atom. The molecule has 0 aromatic heterocycles. The summed E-state index contributed by atoms with van der Waals surface area (Å²) in [4.78, 5) is 15.2. The van der Waals surface area contributed by atoms with Crippen molar-refractivity contribution in [3.63, 3.8) is 0 Å². The van der Waals surface area contributed by atoms with Gasteiger partial charge in [-0.1, -0.05) is 19.1 Å². The molecule has 1 rings (SSSR count). The molecular formula is C14H26N2O3S. The number of carbonyl (C=O) groups is 1. The summed E-state index contributed by atoms with van der Waals surface area (Å²) in [6.45, 7) is 6.24. The number of nitrogens with zero attached hydrogens (tertiary/aromatic N) is 1. The summed E-state index contributed by atoms with van der Waals surface area (Å²) < 4.78 is 10.5. The standard InChI is InChI=1S/C14H26N2O3S/c1-4-11(2)16(7-10-18-3)13(17)14(12(15)20)5-8-19-9-6-14/h11H,4-10H2,1-3H3,(H2,15,20). The van der Waals surface area contributed by atoms with E-state index in [4.69, 9.17) is 27.4 Å². The van der Waals surface area contributed by atoms with Gasteiger partial charge in [-0.05, 0) is 26.2 Å². The topological polar surface area (TPSA) is 64.8 Å². The average Bonchev–Trinajstić information content (AvgIpc) is 2.47. The van der Waals surface area contributed by atoms with Crippen LogP contribution in [0.1, 0.15) is 33.1 Å². The highest BCUT2D eigenvalue weighted by molar-refractivity contribution is 7.80. The zero-order valence-electron chi connectivity index (χ0n) is 12.7. The Morgan fingerprint density at radius 1 is 1.50 bits per heavy atom. The maximum Gasteiger partial charge on any atom is 0.236 e. The molecule has 0 aromatic rings. The molecule has 0 spiro atoms. The summed E-state index contributed by atoms with van der Waals surface area (Å²) in [6, 6.07) is 0.145. The van der Waals surface area contributed by atoms with Crippen LogP contribution in [0.4, 0.5) is 0 Å². The number of amides is 1. The van der Waals surface area contributed by atoms with E-state index in [9.17, 15) is 4.79 Å². The first-order valence-corrected chi connectivity index (χ1v) is 7.58. The molecule has 0 aromatic carbocycles. The van der Waals surface area contributed by atoms with Crippen LogP contribution in [0.2, 0.25) is 0 Å². The quantitative estimate of drug-likeness (QED) is 0.719. The van der Waals surface area contributed by atoms with Crippen molar-refractivity contribution in [2.45, 2.75) is 39.2 Å². The molecule has 116 valence electrons. The van der Waals surface area contributed by atoms with Gasteiger partial charge < -0.3 is 20.1 Å². The van der Waals surface area contributed by atoms with Crippen molar-refractivity contribution in [1.82, 2.24) is 4.90 Å². The van der Waals surface area contributed by atoms with Crippen LogP contribution >= 0.6 is 12.2 Å². The first kappa shape index (κ1) is 17.3. The highest BCUT2D eigenvalue weighted by Gasteiger charge is 2.45. The Bertz CT molecular complexity index is 343. The van der Waals surface area contributed by atoms with Crippen molar-refractivity contribution in [3.8, 4) is 0 Å². The van der Waals surface area contributed by atoms with Crippen LogP contribution in [0.15, 0.2) is 0 Å². The SMILES string of the molecule is CCC(C)N(CCOC)C(=O)C1(C(N)=S)CCOCC1. The lowest BCUT2D eigenvalue weighted by molar-refractivity contribution is -0.145. The minimum Gasteiger partial charge on any atom is -0.392 e. The predicted molar refractivity (Wildman–Crippen MR) is 82.6 cm³/mol. The first-order chi connectivity index (χ1) is 9.49. The summed E-state index contributed by atoms with van der Waals surface area (Å²) in [6.07, 6.45) is 2.03. The van der Waals surface area contributed by atoms with Crippen molar-refractivity contribution in [3.05, 3.63) is 0 Å². The van der Waals surface area contributed by atoms with Crippen LogP contribution < -0.4 is 5.73 Å². The van der Waals surface area contributed by atoms with E-state index >= 15 is 0 Å². The van der Waals surface area contributed by atoms with E-state index < -0.39 is 5.41 Å². The molecule has 1 aliphatic heterocycles. The maximum absolute atomic E-state index is 13.0. The van der Waals surface area contributed by atoms with Crippen LogP contribution in [0.25, 0.3) is 0 Å². The molecule has 0 aliphatic carbocycles. The molecular weight excluding hydrogens is 276 g/mol. The Morgan fingerprint density at radius 3 is 2.55 bits per heavy atom. The van der Waals surface area contributed by atoms with Crippen LogP contribution in [0.5, 0.6) is 0 Å². The Balaban J connectivity index is 2.96. The first-order valence-electron chi connectivity index (χ1n) is 7.17. The third kappa shape index (κ3) is 3.68. The van der Waals surface area contributed by atoms with Gasteiger partial charge in [-0.3, -0.25) is 4.79 Å². The van der Waals surface area contributed by atoms with Gasteiger partial charge >= 0.3 is 0 Å². The van der Waals surface area contributed by atoms with E-state index in [1.807, 2.05) is 11.8 Å². The molecule has 0 saturated carbocycles. The molecule has 1 amide bonds. The smallest absolute Gasteiger partial charge is 0.236 e. The largest absolute Gasteiger partial charge is 0.392 e. The Kier molecular flexibility index (Phi) is 6.85. The monoisotopic (exact) mass is 302 g/mol. The van der Waals surface area contributed by atoms with E-state index in [-0.39, 0.29) is 16.9 Å². The molecule has 1 atom stereocenters.